The molecule has 0 aromatic heterocycles. The Kier molecular flexibility index (Phi) is 2.53. The highest BCUT2D eigenvalue weighted by Crippen LogP contribution is 2.67. The van der Waals surface area contributed by atoms with Gasteiger partial charge in [0.1, 0.15) is 0 Å². The predicted molar refractivity (Wildman–Crippen MR) is 67.5 cm³/mol. The van der Waals surface area contributed by atoms with Crippen LogP contribution in [0.1, 0.15) is 51.4 Å². The topological polar surface area (TPSA) is 101 Å². The van der Waals surface area contributed by atoms with E-state index in [1.165, 1.54) is 0 Å². The van der Waals surface area contributed by atoms with Crippen LogP contribution in [0.2, 0.25) is 0 Å². The van der Waals surface area contributed by atoms with Gasteiger partial charge in [-0.1, -0.05) is 0 Å². The zero-order valence-corrected chi connectivity index (χ0v) is 11.0. The lowest BCUT2D eigenvalue weighted by Gasteiger charge is -2.64. The van der Waals surface area contributed by atoms with Gasteiger partial charge < -0.3 is 15.9 Å². The quantitative estimate of drug-likeness (QED) is 0.718. The van der Waals surface area contributed by atoms with E-state index in [-0.39, 0.29) is 17.4 Å². The SMILES string of the molecule is N[C@]12C[C@@H]3C[C@](CCC(=O)O)(C1)C[C@@](C(=O)O)(C3)C2. The summed E-state index contributed by atoms with van der Waals surface area (Å²) in [5, 5.41) is 18.5. The summed E-state index contributed by atoms with van der Waals surface area (Å²) in [5.41, 5.74) is 5.21. The Morgan fingerprint density at radius 3 is 2.42 bits per heavy atom. The molecule has 0 unspecified atom stereocenters. The molecule has 5 nitrogen and oxygen atoms in total. The molecule has 4 aliphatic carbocycles. The maximum Gasteiger partial charge on any atom is 0.309 e. The molecule has 0 radical (unpaired) electrons. The van der Waals surface area contributed by atoms with Crippen LogP contribution >= 0.6 is 0 Å². The van der Waals surface area contributed by atoms with Crippen molar-refractivity contribution in [1.82, 2.24) is 0 Å². The molecule has 0 aromatic carbocycles. The molecule has 4 bridgehead atoms. The van der Waals surface area contributed by atoms with Gasteiger partial charge in [0, 0.05) is 12.0 Å². The van der Waals surface area contributed by atoms with Crippen LogP contribution in [0.15, 0.2) is 0 Å². The van der Waals surface area contributed by atoms with Crippen molar-refractivity contribution in [3.63, 3.8) is 0 Å². The van der Waals surface area contributed by atoms with E-state index >= 15 is 0 Å². The van der Waals surface area contributed by atoms with Gasteiger partial charge in [-0.15, -0.1) is 0 Å². The predicted octanol–water partition coefficient (Wildman–Crippen LogP) is 1.60. The second kappa shape index (κ2) is 3.72. The molecule has 4 N–H and O–H groups in total. The molecular formula is C14H21NO4. The van der Waals surface area contributed by atoms with Gasteiger partial charge >= 0.3 is 11.9 Å². The molecular weight excluding hydrogens is 246 g/mol. The molecule has 4 aliphatic rings. The summed E-state index contributed by atoms with van der Waals surface area (Å²) in [5.74, 6) is -1.16. The van der Waals surface area contributed by atoms with Crippen molar-refractivity contribution < 1.29 is 19.8 Å². The molecule has 0 aromatic rings. The van der Waals surface area contributed by atoms with Crippen LogP contribution in [-0.4, -0.2) is 27.7 Å². The Balaban J connectivity index is 1.91. The van der Waals surface area contributed by atoms with Crippen LogP contribution in [-0.2, 0) is 9.59 Å². The fourth-order valence-electron chi connectivity index (χ4n) is 5.60. The molecule has 4 rings (SSSR count). The van der Waals surface area contributed by atoms with Crippen LogP contribution < -0.4 is 5.73 Å². The lowest BCUT2D eigenvalue weighted by Crippen LogP contribution is -2.65. The number of carbonyl (C=O) groups is 2. The summed E-state index contributed by atoms with van der Waals surface area (Å²) in [6, 6.07) is 0. The van der Waals surface area contributed by atoms with Crippen molar-refractivity contribution in [3.05, 3.63) is 0 Å². The lowest BCUT2D eigenvalue weighted by atomic mass is 9.41. The first-order valence-electron chi connectivity index (χ1n) is 7.01. The van der Waals surface area contributed by atoms with E-state index in [0.29, 0.717) is 25.2 Å². The van der Waals surface area contributed by atoms with E-state index < -0.39 is 17.4 Å². The van der Waals surface area contributed by atoms with Crippen molar-refractivity contribution >= 4 is 11.9 Å². The van der Waals surface area contributed by atoms with E-state index in [1.807, 2.05) is 0 Å². The molecule has 4 atom stereocenters. The summed E-state index contributed by atoms with van der Waals surface area (Å²) < 4.78 is 0. The average Bonchev–Trinajstić information content (AvgIpc) is 2.23. The number of rotatable bonds is 4. The summed E-state index contributed by atoms with van der Waals surface area (Å²) >= 11 is 0. The smallest absolute Gasteiger partial charge is 0.309 e. The third kappa shape index (κ3) is 1.95. The van der Waals surface area contributed by atoms with E-state index in [9.17, 15) is 14.7 Å². The summed E-state index contributed by atoms with van der Waals surface area (Å²) in [6.45, 7) is 0. The van der Waals surface area contributed by atoms with Gasteiger partial charge in [0.25, 0.3) is 0 Å². The maximum absolute atomic E-state index is 11.7. The Bertz CT molecular complexity index is 451. The Labute approximate surface area is 112 Å². The molecule has 0 spiro atoms. The van der Waals surface area contributed by atoms with Gasteiger partial charge in [-0.05, 0) is 56.3 Å². The van der Waals surface area contributed by atoms with E-state index in [0.717, 1.165) is 25.7 Å². The van der Waals surface area contributed by atoms with Gasteiger partial charge in [-0.2, -0.15) is 0 Å². The Hall–Kier alpha value is -1.10. The fraction of sp³-hybridized carbons (Fsp3) is 0.857. The third-order valence-electron chi connectivity index (χ3n) is 5.55. The summed E-state index contributed by atoms with van der Waals surface area (Å²) in [4.78, 5) is 22.5. The van der Waals surface area contributed by atoms with Crippen molar-refractivity contribution in [1.29, 1.82) is 0 Å². The number of carboxylic acid groups (broad SMARTS) is 2. The molecule has 5 heteroatoms. The number of carboxylic acids is 2. The standard InChI is InChI=1S/C14H21NO4/c15-14-5-9-3-12(7-14,2-1-10(16)17)6-13(4-9,8-14)11(18)19/h9H,1-8,15H2,(H,16,17)(H,18,19)/t9-,12+,13+,14-/m1/s1. The first-order chi connectivity index (χ1) is 8.77. The van der Waals surface area contributed by atoms with Gasteiger partial charge in [0.15, 0.2) is 0 Å². The molecule has 0 saturated heterocycles. The van der Waals surface area contributed by atoms with Crippen LogP contribution in [0.3, 0.4) is 0 Å². The fourth-order valence-corrected chi connectivity index (χ4v) is 5.60. The van der Waals surface area contributed by atoms with Gasteiger partial charge in [0.2, 0.25) is 0 Å². The third-order valence-corrected chi connectivity index (χ3v) is 5.55. The highest BCUT2D eigenvalue weighted by Gasteiger charge is 2.64. The molecule has 19 heavy (non-hydrogen) atoms. The Morgan fingerprint density at radius 2 is 1.84 bits per heavy atom. The minimum Gasteiger partial charge on any atom is -0.481 e. The zero-order valence-electron chi connectivity index (χ0n) is 11.0. The first-order valence-corrected chi connectivity index (χ1v) is 7.01. The molecule has 4 saturated carbocycles. The van der Waals surface area contributed by atoms with Crippen molar-refractivity contribution in [2.75, 3.05) is 0 Å². The highest BCUT2D eigenvalue weighted by molar-refractivity contribution is 5.76. The van der Waals surface area contributed by atoms with E-state index in [4.69, 9.17) is 10.8 Å². The van der Waals surface area contributed by atoms with Crippen molar-refractivity contribution in [2.24, 2.45) is 22.5 Å². The van der Waals surface area contributed by atoms with E-state index in [1.54, 1.807) is 0 Å². The van der Waals surface area contributed by atoms with Gasteiger partial charge in [-0.3, -0.25) is 9.59 Å². The van der Waals surface area contributed by atoms with Crippen LogP contribution in [0.4, 0.5) is 0 Å². The van der Waals surface area contributed by atoms with Crippen LogP contribution in [0.25, 0.3) is 0 Å². The maximum atomic E-state index is 11.7. The summed E-state index contributed by atoms with van der Waals surface area (Å²) in [6.07, 6.45) is 5.31. The van der Waals surface area contributed by atoms with Crippen molar-refractivity contribution in [3.8, 4) is 0 Å². The Morgan fingerprint density at radius 1 is 1.11 bits per heavy atom. The highest BCUT2D eigenvalue weighted by atomic mass is 16.4. The normalized spacial score (nSPS) is 47.3. The average molecular weight is 267 g/mol. The number of hydrogen-bond acceptors (Lipinski definition) is 3. The van der Waals surface area contributed by atoms with Gasteiger partial charge in [0.05, 0.1) is 5.41 Å². The molecule has 106 valence electrons. The second-order valence-corrected chi connectivity index (χ2v) is 7.35. The van der Waals surface area contributed by atoms with E-state index in [2.05, 4.69) is 0 Å². The lowest BCUT2D eigenvalue weighted by molar-refractivity contribution is -0.179. The number of hydrogen-bond donors (Lipinski definition) is 3. The number of aliphatic carboxylic acids is 2. The summed E-state index contributed by atoms with van der Waals surface area (Å²) in [7, 11) is 0. The molecule has 0 amide bonds. The molecule has 0 heterocycles. The molecule has 4 fully saturated rings. The minimum absolute atomic E-state index is 0.124. The first kappa shape index (κ1) is 12.9. The van der Waals surface area contributed by atoms with Crippen LogP contribution in [0, 0.1) is 16.7 Å². The van der Waals surface area contributed by atoms with Crippen molar-refractivity contribution in [2.45, 2.75) is 56.9 Å². The molecule has 0 aliphatic heterocycles. The van der Waals surface area contributed by atoms with Gasteiger partial charge in [-0.25, -0.2) is 0 Å². The number of nitrogens with two attached hydrogens (primary N) is 1. The van der Waals surface area contributed by atoms with Crippen LogP contribution in [0.5, 0.6) is 0 Å². The second-order valence-electron chi connectivity index (χ2n) is 7.35. The zero-order chi connectivity index (χ0) is 13.9. The minimum atomic E-state index is -0.800. The largest absolute Gasteiger partial charge is 0.481 e. The monoisotopic (exact) mass is 267 g/mol.